The summed E-state index contributed by atoms with van der Waals surface area (Å²) in [6.07, 6.45) is 4.69. The first kappa shape index (κ1) is 23.5. The summed E-state index contributed by atoms with van der Waals surface area (Å²) in [7, 11) is 0. The predicted octanol–water partition coefficient (Wildman–Crippen LogP) is 5.10. The van der Waals surface area contributed by atoms with E-state index < -0.39 is 0 Å². The van der Waals surface area contributed by atoms with Crippen molar-refractivity contribution in [3.05, 3.63) is 59.2 Å². The number of nitrogens with zero attached hydrogens (tertiary/aromatic N) is 3. The number of aromatic hydroxyl groups is 1. The Hall–Kier alpha value is -3.16. The normalized spacial score (nSPS) is 11.5. The zero-order chi connectivity index (χ0) is 23.0. The van der Waals surface area contributed by atoms with Gasteiger partial charge in [-0.1, -0.05) is 51.0 Å². The number of hydrogen-bond donors (Lipinski definition) is 2. The standard InChI is InChI=1S/C24H31FN4O3/c1-4-18-14-22(32-16-17-8-10-19(25)11-9-17)20(30)15-21(18)31-13-7-5-6-12-24(2,3)23-26-28-29-27-23/h8-11,14-15,30H,4-7,12-13,16H2,1-3H3,(H,26,27,28,29). The number of aromatic nitrogens is 4. The summed E-state index contributed by atoms with van der Waals surface area (Å²) >= 11 is 0. The number of aromatic amines is 1. The van der Waals surface area contributed by atoms with E-state index in [4.69, 9.17) is 9.47 Å². The number of benzene rings is 2. The molecule has 1 aromatic heterocycles. The number of rotatable bonds is 12. The zero-order valence-electron chi connectivity index (χ0n) is 18.9. The molecule has 32 heavy (non-hydrogen) atoms. The second-order valence-electron chi connectivity index (χ2n) is 8.47. The van der Waals surface area contributed by atoms with Crippen LogP contribution in [0.15, 0.2) is 36.4 Å². The highest BCUT2D eigenvalue weighted by Gasteiger charge is 2.24. The molecule has 0 amide bonds. The van der Waals surface area contributed by atoms with E-state index in [2.05, 4.69) is 34.5 Å². The Morgan fingerprint density at radius 3 is 2.50 bits per heavy atom. The molecule has 0 atom stereocenters. The number of phenolic OH excluding ortho intramolecular Hbond substituents is 1. The number of aryl methyl sites for hydroxylation is 1. The molecule has 0 radical (unpaired) electrons. The molecule has 0 fully saturated rings. The van der Waals surface area contributed by atoms with Crippen molar-refractivity contribution >= 4 is 0 Å². The smallest absolute Gasteiger partial charge is 0.180 e. The number of nitrogens with one attached hydrogen (secondary N) is 1. The van der Waals surface area contributed by atoms with Gasteiger partial charge in [0.2, 0.25) is 0 Å². The van der Waals surface area contributed by atoms with E-state index in [1.54, 1.807) is 18.2 Å². The number of unbranched alkanes of at least 4 members (excludes halogenated alkanes) is 2. The van der Waals surface area contributed by atoms with Gasteiger partial charge in [0.15, 0.2) is 17.3 Å². The molecular weight excluding hydrogens is 411 g/mol. The Morgan fingerprint density at radius 2 is 1.81 bits per heavy atom. The molecule has 3 aromatic rings. The van der Waals surface area contributed by atoms with Crippen LogP contribution in [0, 0.1) is 5.82 Å². The fourth-order valence-corrected chi connectivity index (χ4v) is 3.45. The molecule has 0 spiro atoms. The van der Waals surface area contributed by atoms with Crippen LogP contribution in [-0.2, 0) is 18.4 Å². The highest BCUT2D eigenvalue weighted by Crippen LogP contribution is 2.35. The Balaban J connectivity index is 1.46. The summed E-state index contributed by atoms with van der Waals surface area (Å²) in [6, 6.07) is 9.51. The summed E-state index contributed by atoms with van der Waals surface area (Å²) in [5.41, 5.74) is 1.68. The van der Waals surface area contributed by atoms with Gasteiger partial charge >= 0.3 is 0 Å². The molecule has 0 bridgehead atoms. The third kappa shape index (κ3) is 6.42. The van der Waals surface area contributed by atoms with Crippen LogP contribution in [-0.4, -0.2) is 32.3 Å². The minimum Gasteiger partial charge on any atom is -0.504 e. The molecule has 1 heterocycles. The second-order valence-corrected chi connectivity index (χ2v) is 8.47. The number of hydrogen-bond acceptors (Lipinski definition) is 6. The van der Waals surface area contributed by atoms with Crippen LogP contribution in [0.2, 0.25) is 0 Å². The van der Waals surface area contributed by atoms with Crippen molar-refractivity contribution in [2.75, 3.05) is 6.61 Å². The van der Waals surface area contributed by atoms with Crippen molar-refractivity contribution in [2.45, 2.75) is 64.9 Å². The lowest BCUT2D eigenvalue weighted by Gasteiger charge is -2.20. The third-order valence-electron chi connectivity index (χ3n) is 5.48. The molecule has 2 N–H and O–H groups in total. The quantitative estimate of drug-likeness (QED) is 0.379. The van der Waals surface area contributed by atoms with E-state index in [1.807, 2.05) is 13.0 Å². The van der Waals surface area contributed by atoms with Gasteiger partial charge < -0.3 is 14.6 Å². The van der Waals surface area contributed by atoms with Crippen molar-refractivity contribution in [1.82, 2.24) is 20.6 Å². The fraction of sp³-hybridized carbons (Fsp3) is 0.458. The largest absolute Gasteiger partial charge is 0.504 e. The molecule has 3 rings (SSSR count). The van der Waals surface area contributed by atoms with E-state index in [9.17, 15) is 9.50 Å². The second kappa shape index (κ2) is 10.9. The summed E-state index contributed by atoms with van der Waals surface area (Å²) in [5, 5.41) is 24.7. The molecule has 8 heteroatoms. The highest BCUT2D eigenvalue weighted by atomic mass is 19.1. The first-order chi connectivity index (χ1) is 15.4. The highest BCUT2D eigenvalue weighted by molar-refractivity contribution is 5.50. The average Bonchev–Trinajstić information content (AvgIpc) is 3.33. The van der Waals surface area contributed by atoms with Gasteiger partial charge in [0.05, 0.1) is 6.61 Å². The molecule has 0 aliphatic carbocycles. The summed E-state index contributed by atoms with van der Waals surface area (Å²) in [5.74, 6) is 1.54. The summed E-state index contributed by atoms with van der Waals surface area (Å²) < 4.78 is 24.7. The third-order valence-corrected chi connectivity index (χ3v) is 5.48. The maximum absolute atomic E-state index is 13.0. The number of tetrazole rings is 1. The minimum atomic E-state index is -0.290. The summed E-state index contributed by atoms with van der Waals surface area (Å²) in [4.78, 5) is 0. The minimum absolute atomic E-state index is 0.0289. The number of ether oxygens (including phenoxy) is 2. The topological polar surface area (TPSA) is 93.1 Å². The molecule has 0 saturated heterocycles. The fourth-order valence-electron chi connectivity index (χ4n) is 3.45. The van der Waals surface area contributed by atoms with Crippen LogP contribution in [0.5, 0.6) is 17.2 Å². The molecule has 7 nitrogen and oxygen atoms in total. The molecule has 0 saturated carbocycles. The van der Waals surface area contributed by atoms with Gasteiger partial charge in [-0.25, -0.2) is 4.39 Å². The zero-order valence-corrected chi connectivity index (χ0v) is 18.9. The lowest BCUT2D eigenvalue weighted by Crippen LogP contribution is -2.19. The van der Waals surface area contributed by atoms with Crippen molar-refractivity contribution < 1.29 is 19.0 Å². The molecular formula is C24H31FN4O3. The monoisotopic (exact) mass is 442 g/mol. The van der Waals surface area contributed by atoms with Crippen molar-refractivity contribution in [3.63, 3.8) is 0 Å². The van der Waals surface area contributed by atoms with Crippen LogP contribution in [0.3, 0.4) is 0 Å². The van der Waals surface area contributed by atoms with E-state index in [0.717, 1.165) is 49.1 Å². The number of halogens is 1. The van der Waals surface area contributed by atoms with Gasteiger partial charge in [-0.3, -0.25) is 0 Å². The van der Waals surface area contributed by atoms with Gasteiger partial charge in [0.1, 0.15) is 18.2 Å². The number of H-pyrrole nitrogens is 1. The van der Waals surface area contributed by atoms with Gasteiger partial charge in [-0.05, 0) is 48.6 Å². The Kier molecular flexibility index (Phi) is 8.03. The van der Waals surface area contributed by atoms with Crippen LogP contribution in [0.1, 0.15) is 63.4 Å². The van der Waals surface area contributed by atoms with E-state index in [1.165, 1.54) is 12.1 Å². The van der Waals surface area contributed by atoms with Gasteiger partial charge in [-0.15, -0.1) is 10.2 Å². The maximum Gasteiger partial charge on any atom is 0.180 e. The van der Waals surface area contributed by atoms with E-state index in [-0.39, 0.29) is 23.6 Å². The molecule has 172 valence electrons. The average molecular weight is 443 g/mol. The van der Waals surface area contributed by atoms with Crippen LogP contribution >= 0.6 is 0 Å². The molecule has 0 aliphatic rings. The van der Waals surface area contributed by atoms with Gasteiger partial charge in [0.25, 0.3) is 0 Å². The predicted molar refractivity (Wildman–Crippen MR) is 119 cm³/mol. The van der Waals surface area contributed by atoms with Crippen LogP contribution in [0.25, 0.3) is 0 Å². The van der Waals surface area contributed by atoms with Crippen molar-refractivity contribution in [2.24, 2.45) is 0 Å². The molecule has 0 aliphatic heterocycles. The first-order valence-electron chi connectivity index (χ1n) is 11.0. The lowest BCUT2D eigenvalue weighted by molar-refractivity contribution is 0.279. The van der Waals surface area contributed by atoms with E-state index in [0.29, 0.717) is 18.1 Å². The first-order valence-corrected chi connectivity index (χ1v) is 11.0. The Morgan fingerprint density at radius 1 is 1.03 bits per heavy atom. The summed E-state index contributed by atoms with van der Waals surface area (Å²) in [6.45, 7) is 7.08. The Bertz CT molecular complexity index is 976. The van der Waals surface area contributed by atoms with Gasteiger partial charge in [0, 0.05) is 11.5 Å². The molecule has 0 unspecified atom stereocenters. The molecule has 2 aromatic carbocycles. The van der Waals surface area contributed by atoms with Crippen LogP contribution in [0.4, 0.5) is 4.39 Å². The van der Waals surface area contributed by atoms with E-state index >= 15 is 0 Å². The Labute approximate surface area is 188 Å². The van der Waals surface area contributed by atoms with Gasteiger partial charge in [-0.2, -0.15) is 5.21 Å². The lowest BCUT2D eigenvalue weighted by atomic mass is 9.86. The van der Waals surface area contributed by atoms with Crippen LogP contribution < -0.4 is 9.47 Å². The SMILES string of the molecule is CCc1cc(OCc2ccc(F)cc2)c(O)cc1OCCCCCC(C)(C)c1nn[nH]n1. The van der Waals surface area contributed by atoms with Crippen molar-refractivity contribution in [1.29, 1.82) is 0 Å². The van der Waals surface area contributed by atoms with Crippen molar-refractivity contribution in [3.8, 4) is 17.2 Å². The maximum atomic E-state index is 13.0. The number of phenols is 1.